The number of carbonyl (C=O) groups excluding carboxylic acids is 1. The second-order valence-corrected chi connectivity index (χ2v) is 7.58. The Balaban J connectivity index is 1.86. The molecule has 1 fully saturated rings. The highest BCUT2D eigenvalue weighted by atomic mass is 32.2. The summed E-state index contributed by atoms with van der Waals surface area (Å²) in [6.45, 7) is 8.91. The van der Waals surface area contributed by atoms with Gasteiger partial charge in [-0.15, -0.1) is 0 Å². The van der Waals surface area contributed by atoms with Crippen LogP contribution in [0.1, 0.15) is 51.9 Å². The van der Waals surface area contributed by atoms with E-state index in [2.05, 4.69) is 20.8 Å². The molecule has 2 unspecified atom stereocenters. The molecule has 2 atom stereocenters. The molecule has 0 bridgehead atoms. The molecule has 1 saturated heterocycles. The number of thioether (sulfide) groups is 1. The van der Waals surface area contributed by atoms with Gasteiger partial charge in [-0.05, 0) is 6.92 Å². The number of hydrogen-bond acceptors (Lipinski definition) is 6. The summed E-state index contributed by atoms with van der Waals surface area (Å²) < 4.78 is 5.25. The molecule has 0 aromatic carbocycles. The molecule has 1 aromatic rings. The van der Waals surface area contributed by atoms with Gasteiger partial charge in [0.15, 0.2) is 5.82 Å². The average Bonchev–Trinajstić information content (AvgIpc) is 2.89. The Bertz CT molecular complexity index is 478. The van der Waals surface area contributed by atoms with Gasteiger partial charge in [0, 0.05) is 35.9 Å². The maximum Gasteiger partial charge on any atom is 0.248 e. The van der Waals surface area contributed by atoms with Crippen molar-refractivity contribution in [2.75, 3.05) is 18.1 Å². The molecular weight excluding hydrogens is 288 g/mol. The molecule has 0 radical (unpaired) electrons. The van der Waals surface area contributed by atoms with E-state index in [-0.39, 0.29) is 23.4 Å². The Morgan fingerprint density at radius 3 is 2.90 bits per heavy atom. The second kappa shape index (κ2) is 6.79. The quantitative estimate of drug-likeness (QED) is 0.880. The van der Waals surface area contributed by atoms with Crippen molar-refractivity contribution in [3.05, 3.63) is 11.7 Å². The van der Waals surface area contributed by atoms with Crippen LogP contribution >= 0.6 is 11.8 Å². The first-order chi connectivity index (χ1) is 9.86. The molecule has 0 spiro atoms. The van der Waals surface area contributed by atoms with Crippen molar-refractivity contribution in [1.82, 2.24) is 20.8 Å². The van der Waals surface area contributed by atoms with Gasteiger partial charge in [-0.1, -0.05) is 25.9 Å². The van der Waals surface area contributed by atoms with Crippen LogP contribution in [0, 0.1) is 0 Å². The fourth-order valence-electron chi connectivity index (χ4n) is 2.05. The molecule has 1 aliphatic heterocycles. The maximum atomic E-state index is 12.0. The van der Waals surface area contributed by atoms with Gasteiger partial charge in [0.2, 0.25) is 11.8 Å². The predicted octanol–water partition coefficient (Wildman–Crippen LogP) is 1.64. The predicted molar refractivity (Wildman–Crippen MR) is 83.3 cm³/mol. The van der Waals surface area contributed by atoms with Gasteiger partial charge < -0.3 is 15.2 Å². The average molecular weight is 312 g/mol. The van der Waals surface area contributed by atoms with Crippen molar-refractivity contribution >= 4 is 17.7 Å². The summed E-state index contributed by atoms with van der Waals surface area (Å²) in [5.41, 5.74) is -0.158. The number of nitrogens with zero attached hydrogens (tertiary/aromatic N) is 2. The molecular formula is C14H24N4O2S. The smallest absolute Gasteiger partial charge is 0.248 e. The topological polar surface area (TPSA) is 80.0 Å². The van der Waals surface area contributed by atoms with Gasteiger partial charge in [0.25, 0.3) is 0 Å². The summed E-state index contributed by atoms with van der Waals surface area (Å²) in [5, 5.41) is 10.3. The van der Waals surface area contributed by atoms with Gasteiger partial charge in [-0.25, -0.2) is 0 Å². The molecule has 21 heavy (non-hydrogen) atoms. The lowest BCUT2D eigenvalue weighted by atomic mass is 9.96. The normalized spacial score (nSPS) is 21.0. The maximum absolute atomic E-state index is 12.0. The second-order valence-electron chi connectivity index (χ2n) is 6.43. The Morgan fingerprint density at radius 2 is 2.33 bits per heavy atom. The Labute approximate surface area is 129 Å². The summed E-state index contributed by atoms with van der Waals surface area (Å²) in [5.74, 6) is 3.23. The molecule has 1 amide bonds. The number of hydrogen-bond donors (Lipinski definition) is 2. The lowest BCUT2D eigenvalue weighted by Crippen LogP contribution is -2.41. The van der Waals surface area contributed by atoms with Crippen LogP contribution in [-0.4, -0.2) is 40.1 Å². The van der Waals surface area contributed by atoms with Crippen LogP contribution in [0.15, 0.2) is 4.52 Å². The molecule has 0 aliphatic carbocycles. The van der Waals surface area contributed by atoms with Crippen molar-refractivity contribution in [3.8, 4) is 0 Å². The van der Waals surface area contributed by atoms with Crippen molar-refractivity contribution in [2.45, 2.75) is 51.6 Å². The van der Waals surface area contributed by atoms with E-state index < -0.39 is 0 Å². The number of carbonyl (C=O) groups is 1. The molecule has 118 valence electrons. The van der Waals surface area contributed by atoms with Crippen LogP contribution in [-0.2, 0) is 10.2 Å². The van der Waals surface area contributed by atoms with E-state index in [9.17, 15) is 4.79 Å². The first-order valence-corrected chi connectivity index (χ1v) is 8.46. The van der Waals surface area contributed by atoms with E-state index in [0.717, 1.165) is 18.1 Å². The van der Waals surface area contributed by atoms with Crippen LogP contribution < -0.4 is 10.6 Å². The molecule has 6 nitrogen and oxygen atoms in total. The Kier molecular flexibility index (Phi) is 5.27. The third kappa shape index (κ3) is 4.71. The minimum Gasteiger partial charge on any atom is -0.345 e. The molecule has 2 rings (SSSR count). The zero-order chi connectivity index (χ0) is 15.5. The van der Waals surface area contributed by atoms with Crippen molar-refractivity contribution in [2.24, 2.45) is 0 Å². The highest BCUT2D eigenvalue weighted by molar-refractivity contribution is 7.99. The van der Waals surface area contributed by atoms with Crippen molar-refractivity contribution in [3.63, 3.8) is 0 Å². The van der Waals surface area contributed by atoms with E-state index in [0.29, 0.717) is 18.1 Å². The molecule has 1 aromatic heterocycles. The van der Waals surface area contributed by atoms with Crippen LogP contribution in [0.25, 0.3) is 0 Å². The first-order valence-electron chi connectivity index (χ1n) is 7.31. The zero-order valence-electron chi connectivity index (χ0n) is 13.1. The van der Waals surface area contributed by atoms with E-state index in [1.807, 2.05) is 39.5 Å². The third-order valence-corrected chi connectivity index (χ3v) is 4.42. The molecule has 7 heteroatoms. The highest BCUT2D eigenvalue weighted by Crippen LogP contribution is 2.20. The minimum absolute atomic E-state index is 0.0120. The van der Waals surface area contributed by atoms with Gasteiger partial charge >= 0.3 is 0 Å². The standard InChI is InChI=1S/C14H24N4O2S/c1-9(12-17-13(18-20-12)14(2,3)4)16-11(19)7-10-8-21-6-5-15-10/h9-10,15H,5-8H2,1-4H3,(H,16,19). The van der Waals surface area contributed by atoms with E-state index in [1.54, 1.807) is 0 Å². The van der Waals surface area contributed by atoms with Crippen LogP contribution in [0.3, 0.4) is 0 Å². The van der Waals surface area contributed by atoms with Gasteiger partial charge in [0.05, 0.1) is 0 Å². The van der Waals surface area contributed by atoms with Crippen LogP contribution in [0.4, 0.5) is 0 Å². The lowest BCUT2D eigenvalue weighted by molar-refractivity contribution is -0.122. The minimum atomic E-state index is -0.266. The van der Waals surface area contributed by atoms with Gasteiger partial charge in [-0.2, -0.15) is 16.7 Å². The van der Waals surface area contributed by atoms with Gasteiger partial charge in [-0.3, -0.25) is 4.79 Å². The van der Waals surface area contributed by atoms with Crippen LogP contribution in [0.5, 0.6) is 0 Å². The third-order valence-electron chi connectivity index (χ3n) is 3.29. The SMILES string of the molecule is CC(NC(=O)CC1CSCCN1)c1nc(C(C)(C)C)no1. The van der Waals surface area contributed by atoms with E-state index in [1.165, 1.54) is 0 Å². The van der Waals surface area contributed by atoms with Crippen molar-refractivity contribution in [1.29, 1.82) is 0 Å². The number of aromatic nitrogens is 2. The number of amides is 1. The number of rotatable bonds is 4. The zero-order valence-corrected chi connectivity index (χ0v) is 13.9. The molecule has 2 N–H and O–H groups in total. The molecule has 1 aliphatic rings. The Hall–Kier alpha value is -1.08. The fourth-order valence-corrected chi connectivity index (χ4v) is 3.00. The van der Waals surface area contributed by atoms with E-state index in [4.69, 9.17) is 4.52 Å². The summed E-state index contributed by atoms with van der Waals surface area (Å²) in [6, 6.07) is -0.0129. The Morgan fingerprint density at radius 1 is 1.57 bits per heavy atom. The summed E-state index contributed by atoms with van der Waals surface area (Å²) in [4.78, 5) is 16.4. The first kappa shape index (κ1) is 16.3. The van der Waals surface area contributed by atoms with Gasteiger partial charge in [0.1, 0.15) is 6.04 Å². The highest BCUT2D eigenvalue weighted by Gasteiger charge is 2.24. The monoisotopic (exact) mass is 312 g/mol. The molecule has 0 saturated carbocycles. The van der Waals surface area contributed by atoms with Crippen LogP contribution in [0.2, 0.25) is 0 Å². The lowest BCUT2D eigenvalue weighted by Gasteiger charge is -2.23. The summed E-state index contributed by atoms with van der Waals surface area (Å²) in [7, 11) is 0. The largest absolute Gasteiger partial charge is 0.345 e. The summed E-state index contributed by atoms with van der Waals surface area (Å²) >= 11 is 1.88. The van der Waals surface area contributed by atoms with Crippen molar-refractivity contribution < 1.29 is 9.32 Å². The fraction of sp³-hybridized carbons (Fsp3) is 0.786. The molecule has 2 heterocycles. The summed E-state index contributed by atoms with van der Waals surface area (Å²) in [6.07, 6.45) is 0.484. The number of nitrogens with one attached hydrogen (secondary N) is 2. The van der Waals surface area contributed by atoms with E-state index >= 15 is 0 Å².